The minimum Gasteiger partial charge on any atom is -0.315 e. The first-order chi connectivity index (χ1) is 10.2. The molecule has 1 atom stereocenters. The van der Waals surface area contributed by atoms with Gasteiger partial charge in [-0.05, 0) is 44.0 Å². The lowest BCUT2D eigenvalue weighted by atomic mass is 10.2. The van der Waals surface area contributed by atoms with Gasteiger partial charge >= 0.3 is 0 Å². The van der Waals surface area contributed by atoms with Gasteiger partial charge in [0.15, 0.2) is 0 Å². The molecule has 1 aliphatic rings. The second kappa shape index (κ2) is 6.58. The molecule has 1 saturated heterocycles. The van der Waals surface area contributed by atoms with Gasteiger partial charge in [0.05, 0.1) is 5.69 Å². The van der Waals surface area contributed by atoms with E-state index in [2.05, 4.69) is 46.9 Å². The third-order valence-electron chi connectivity index (χ3n) is 4.21. The Hall–Kier alpha value is -1.39. The Morgan fingerprint density at radius 2 is 2.29 bits per heavy atom. The Balaban J connectivity index is 1.60. The van der Waals surface area contributed by atoms with Gasteiger partial charge in [-0.1, -0.05) is 19.9 Å². The second-order valence-electron chi connectivity index (χ2n) is 6.52. The van der Waals surface area contributed by atoms with E-state index in [1.165, 1.54) is 25.1 Å². The van der Waals surface area contributed by atoms with Gasteiger partial charge in [0, 0.05) is 31.5 Å². The van der Waals surface area contributed by atoms with Crippen molar-refractivity contribution in [3.63, 3.8) is 0 Å². The highest BCUT2D eigenvalue weighted by molar-refractivity contribution is 5.39. The van der Waals surface area contributed by atoms with Crippen molar-refractivity contribution in [1.29, 1.82) is 0 Å². The van der Waals surface area contributed by atoms with E-state index in [1.54, 1.807) is 0 Å². The summed E-state index contributed by atoms with van der Waals surface area (Å²) in [5, 5.41) is 3.60. The molecule has 2 aromatic heterocycles. The highest BCUT2D eigenvalue weighted by Crippen LogP contribution is 2.19. The van der Waals surface area contributed by atoms with E-state index in [1.807, 2.05) is 12.1 Å². The van der Waals surface area contributed by atoms with Crippen molar-refractivity contribution >= 4 is 5.65 Å². The quantitative estimate of drug-likeness (QED) is 0.886. The smallest absolute Gasteiger partial charge is 0.137 e. The molecule has 0 spiro atoms. The zero-order valence-corrected chi connectivity index (χ0v) is 13.1. The van der Waals surface area contributed by atoms with Gasteiger partial charge in [0.2, 0.25) is 0 Å². The normalized spacial score (nSPS) is 19.9. The van der Waals surface area contributed by atoms with E-state index >= 15 is 0 Å². The summed E-state index contributed by atoms with van der Waals surface area (Å²) >= 11 is 0. The number of rotatable bonds is 6. The van der Waals surface area contributed by atoms with E-state index in [4.69, 9.17) is 4.98 Å². The van der Waals surface area contributed by atoms with Gasteiger partial charge in [-0.15, -0.1) is 0 Å². The number of aromatic nitrogens is 2. The van der Waals surface area contributed by atoms with E-state index in [0.717, 1.165) is 31.2 Å². The van der Waals surface area contributed by atoms with Crippen LogP contribution in [0.25, 0.3) is 5.65 Å². The summed E-state index contributed by atoms with van der Waals surface area (Å²) < 4.78 is 2.11. The van der Waals surface area contributed by atoms with Crippen LogP contribution in [0.3, 0.4) is 0 Å². The van der Waals surface area contributed by atoms with Crippen molar-refractivity contribution in [2.75, 3.05) is 19.6 Å². The molecule has 0 aliphatic carbocycles. The van der Waals surface area contributed by atoms with Crippen LogP contribution in [0.4, 0.5) is 0 Å². The topological polar surface area (TPSA) is 32.6 Å². The molecule has 114 valence electrons. The first-order valence-electron chi connectivity index (χ1n) is 8.10. The van der Waals surface area contributed by atoms with Gasteiger partial charge in [-0.2, -0.15) is 0 Å². The number of imidazole rings is 1. The van der Waals surface area contributed by atoms with Crippen molar-refractivity contribution in [2.45, 2.75) is 39.3 Å². The van der Waals surface area contributed by atoms with Crippen LogP contribution in [0.1, 0.15) is 32.4 Å². The summed E-state index contributed by atoms with van der Waals surface area (Å²) in [7, 11) is 0. The third kappa shape index (κ3) is 3.63. The number of nitrogens with zero attached hydrogens (tertiary/aromatic N) is 3. The summed E-state index contributed by atoms with van der Waals surface area (Å²) in [6.07, 6.45) is 6.84. The van der Waals surface area contributed by atoms with Gasteiger partial charge in [0.25, 0.3) is 0 Å². The predicted molar refractivity (Wildman–Crippen MR) is 86.3 cm³/mol. The van der Waals surface area contributed by atoms with Crippen LogP contribution in [0, 0.1) is 5.92 Å². The largest absolute Gasteiger partial charge is 0.315 e. The molecule has 21 heavy (non-hydrogen) atoms. The molecular formula is C17H26N4. The van der Waals surface area contributed by atoms with E-state index < -0.39 is 0 Å². The Bertz CT molecular complexity index is 542. The van der Waals surface area contributed by atoms with Gasteiger partial charge < -0.3 is 9.72 Å². The van der Waals surface area contributed by atoms with E-state index in [-0.39, 0.29) is 0 Å². The van der Waals surface area contributed by atoms with Crippen molar-refractivity contribution < 1.29 is 0 Å². The first-order valence-corrected chi connectivity index (χ1v) is 8.10. The molecule has 1 N–H and O–H groups in total. The first kappa shape index (κ1) is 14.5. The highest BCUT2D eigenvalue weighted by Gasteiger charge is 2.24. The average molecular weight is 286 g/mol. The molecule has 0 amide bonds. The SMILES string of the molecule is CC(C)CNCC1CCCN1Cc1cn2ccccc2n1. The van der Waals surface area contributed by atoms with Crippen LogP contribution < -0.4 is 5.32 Å². The van der Waals surface area contributed by atoms with Crippen molar-refractivity contribution in [1.82, 2.24) is 19.6 Å². The Kier molecular flexibility index (Phi) is 4.56. The minimum atomic E-state index is 0.661. The fraction of sp³-hybridized carbons (Fsp3) is 0.588. The number of likely N-dealkylation sites (tertiary alicyclic amines) is 1. The summed E-state index contributed by atoms with van der Waals surface area (Å²) in [4.78, 5) is 7.30. The fourth-order valence-corrected chi connectivity index (χ4v) is 3.14. The van der Waals surface area contributed by atoms with Crippen molar-refractivity contribution in [3.05, 3.63) is 36.3 Å². The summed E-state index contributed by atoms with van der Waals surface area (Å²) in [5.41, 5.74) is 2.22. The maximum absolute atomic E-state index is 4.72. The molecule has 4 nitrogen and oxygen atoms in total. The molecular weight excluding hydrogens is 260 g/mol. The minimum absolute atomic E-state index is 0.661. The molecule has 1 aliphatic heterocycles. The van der Waals surface area contributed by atoms with E-state index in [9.17, 15) is 0 Å². The lowest BCUT2D eigenvalue weighted by molar-refractivity contribution is 0.235. The maximum atomic E-state index is 4.72. The number of pyridine rings is 1. The van der Waals surface area contributed by atoms with Gasteiger partial charge in [-0.25, -0.2) is 4.98 Å². The lowest BCUT2D eigenvalue weighted by Crippen LogP contribution is -2.38. The number of hydrogen-bond donors (Lipinski definition) is 1. The highest BCUT2D eigenvalue weighted by atomic mass is 15.2. The summed E-state index contributed by atoms with van der Waals surface area (Å²) in [6.45, 7) is 8.90. The third-order valence-corrected chi connectivity index (χ3v) is 4.21. The van der Waals surface area contributed by atoms with Crippen LogP contribution in [0.2, 0.25) is 0 Å². The zero-order valence-electron chi connectivity index (χ0n) is 13.1. The molecule has 0 aromatic carbocycles. The Labute approximate surface area is 127 Å². The number of hydrogen-bond acceptors (Lipinski definition) is 3. The molecule has 3 heterocycles. The molecule has 2 aromatic rings. The second-order valence-corrected chi connectivity index (χ2v) is 6.52. The number of fused-ring (bicyclic) bond motifs is 1. The molecule has 0 bridgehead atoms. The van der Waals surface area contributed by atoms with Crippen molar-refractivity contribution in [3.8, 4) is 0 Å². The Morgan fingerprint density at radius 1 is 1.38 bits per heavy atom. The molecule has 4 heteroatoms. The van der Waals surface area contributed by atoms with Gasteiger partial charge in [-0.3, -0.25) is 4.90 Å². The molecule has 3 rings (SSSR count). The van der Waals surface area contributed by atoms with Crippen LogP contribution >= 0.6 is 0 Å². The van der Waals surface area contributed by atoms with Crippen LogP contribution in [0.15, 0.2) is 30.6 Å². The van der Waals surface area contributed by atoms with Crippen molar-refractivity contribution in [2.24, 2.45) is 5.92 Å². The Morgan fingerprint density at radius 3 is 3.10 bits per heavy atom. The van der Waals surface area contributed by atoms with E-state index in [0.29, 0.717) is 6.04 Å². The average Bonchev–Trinajstić information content (AvgIpc) is 3.05. The zero-order chi connectivity index (χ0) is 14.7. The van der Waals surface area contributed by atoms with Crippen LogP contribution in [-0.4, -0.2) is 40.0 Å². The fourth-order valence-electron chi connectivity index (χ4n) is 3.14. The van der Waals surface area contributed by atoms with Crippen LogP contribution in [-0.2, 0) is 6.54 Å². The predicted octanol–water partition coefficient (Wildman–Crippen LogP) is 2.54. The monoisotopic (exact) mass is 286 g/mol. The summed E-state index contributed by atoms with van der Waals surface area (Å²) in [5.74, 6) is 0.721. The summed E-state index contributed by atoms with van der Waals surface area (Å²) in [6, 6.07) is 6.82. The van der Waals surface area contributed by atoms with Gasteiger partial charge in [0.1, 0.15) is 5.65 Å². The maximum Gasteiger partial charge on any atom is 0.137 e. The van der Waals surface area contributed by atoms with Crippen LogP contribution in [0.5, 0.6) is 0 Å². The molecule has 0 radical (unpaired) electrons. The molecule has 1 fully saturated rings. The molecule has 0 saturated carbocycles. The standard InChI is InChI=1S/C17H26N4/c1-14(2)10-18-11-16-6-5-9-20(16)12-15-13-21-8-4-3-7-17(21)19-15/h3-4,7-8,13-14,16,18H,5-6,9-12H2,1-2H3. The molecule has 1 unspecified atom stereocenters. The lowest BCUT2D eigenvalue weighted by Gasteiger charge is -2.24. The number of nitrogens with one attached hydrogen (secondary N) is 1.